The number of nitrogens with one attached hydrogen (secondary N) is 1. The van der Waals surface area contributed by atoms with Gasteiger partial charge in [0.1, 0.15) is 5.52 Å². The molecule has 0 bridgehead atoms. The van der Waals surface area contributed by atoms with Crippen LogP contribution in [0.1, 0.15) is 19.3 Å². The smallest absolute Gasteiger partial charge is 0.295 e. The van der Waals surface area contributed by atoms with E-state index < -0.39 is 4.92 Å². The molecule has 110 valence electrons. The van der Waals surface area contributed by atoms with Crippen molar-refractivity contribution in [1.29, 1.82) is 0 Å². The second-order valence-corrected chi connectivity index (χ2v) is 5.30. The number of methoxy groups -OCH3 is 1. The lowest BCUT2D eigenvalue weighted by Crippen LogP contribution is -2.17. The maximum absolute atomic E-state index is 11.1. The Morgan fingerprint density at radius 3 is 2.95 bits per heavy atom. The van der Waals surface area contributed by atoms with Crippen LogP contribution in [0.2, 0.25) is 0 Å². The van der Waals surface area contributed by atoms with Crippen molar-refractivity contribution in [3.63, 3.8) is 0 Å². The molecule has 1 aromatic heterocycles. The van der Waals surface area contributed by atoms with E-state index in [9.17, 15) is 10.1 Å². The standard InChI is InChI=1S/C15H17N3O3/c1-21-11-5-4-10(9-11)17-13-6-7-14(18(19)20)15-12(13)3-2-8-16-15/h2-3,6-8,10-11,17H,4-5,9H2,1H3. The minimum atomic E-state index is -0.393. The highest BCUT2D eigenvalue weighted by Gasteiger charge is 2.25. The first-order chi connectivity index (χ1) is 10.2. The van der Waals surface area contributed by atoms with Crippen molar-refractivity contribution in [2.45, 2.75) is 31.4 Å². The topological polar surface area (TPSA) is 77.3 Å². The average Bonchev–Trinajstić information content (AvgIpc) is 2.95. The number of anilines is 1. The largest absolute Gasteiger partial charge is 0.382 e. The van der Waals surface area contributed by atoms with Crippen molar-refractivity contribution in [1.82, 2.24) is 4.98 Å². The fourth-order valence-corrected chi connectivity index (χ4v) is 2.94. The number of nitrogens with zero attached hydrogens (tertiary/aromatic N) is 2. The number of non-ortho nitro benzene ring substituents is 1. The summed E-state index contributed by atoms with van der Waals surface area (Å²) in [6.45, 7) is 0. The zero-order valence-corrected chi connectivity index (χ0v) is 11.8. The van der Waals surface area contributed by atoms with E-state index in [1.165, 1.54) is 6.07 Å². The molecule has 1 N–H and O–H groups in total. The first kappa shape index (κ1) is 13.8. The normalized spacial score (nSPS) is 21.6. The number of nitro groups is 1. The van der Waals surface area contributed by atoms with Gasteiger partial charge in [-0.3, -0.25) is 10.1 Å². The number of fused-ring (bicyclic) bond motifs is 1. The Morgan fingerprint density at radius 1 is 1.38 bits per heavy atom. The molecule has 1 heterocycles. The maximum atomic E-state index is 11.1. The van der Waals surface area contributed by atoms with Crippen LogP contribution in [-0.4, -0.2) is 29.2 Å². The van der Waals surface area contributed by atoms with Gasteiger partial charge in [-0.2, -0.15) is 0 Å². The number of benzene rings is 1. The molecule has 6 heteroatoms. The number of hydrogen-bond donors (Lipinski definition) is 1. The monoisotopic (exact) mass is 287 g/mol. The van der Waals surface area contributed by atoms with Gasteiger partial charge in [0.2, 0.25) is 0 Å². The summed E-state index contributed by atoms with van der Waals surface area (Å²) in [6.07, 6.45) is 4.91. The Hall–Kier alpha value is -2.21. The van der Waals surface area contributed by atoms with Crippen LogP contribution in [0.3, 0.4) is 0 Å². The van der Waals surface area contributed by atoms with Crippen molar-refractivity contribution >= 4 is 22.3 Å². The van der Waals surface area contributed by atoms with Crippen LogP contribution < -0.4 is 5.32 Å². The highest BCUT2D eigenvalue weighted by Crippen LogP contribution is 2.32. The van der Waals surface area contributed by atoms with Crippen LogP contribution in [0.15, 0.2) is 30.5 Å². The quantitative estimate of drug-likeness (QED) is 0.690. The molecule has 1 aliphatic rings. The van der Waals surface area contributed by atoms with Gasteiger partial charge in [-0.05, 0) is 37.5 Å². The number of pyridine rings is 1. The molecule has 0 amide bonds. The summed E-state index contributed by atoms with van der Waals surface area (Å²) in [6, 6.07) is 7.27. The highest BCUT2D eigenvalue weighted by molar-refractivity contribution is 5.97. The van der Waals surface area contributed by atoms with E-state index in [1.54, 1.807) is 25.4 Å². The van der Waals surface area contributed by atoms with Crippen molar-refractivity contribution in [3.8, 4) is 0 Å². The Bertz CT molecular complexity index is 674. The fourth-order valence-electron chi connectivity index (χ4n) is 2.94. The van der Waals surface area contributed by atoms with E-state index in [1.807, 2.05) is 6.07 Å². The van der Waals surface area contributed by atoms with E-state index in [0.717, 1.165) is 30.3 Å². The second kappa shape index (κ2) is 5.65. The Kier molecular flexibility index (Phi) is 3.70. The Morgan fingerprint density at radius 2 is 2.24 bits per heavy atom. The van der Waals surface area contributed by atoms with Crippen molar-refractivity contribution in [2.24, 2.45) is 0 Å². The van der Waals surface area contributed by atoms with Crippen molar-refractivity contribution in [2.75, 3.05) is 12.4 Å². The van der Waals surface area contributed by atoms with Crippen LogP contribution in [-0.2, 0) is 4.74 Å². The third-order valence-electron chi connectivity index (χ3n) is 4.02. The molecule has 0 spiro atoms. The van der Waals surface area contributed by atoms with Gasteiger partial charge in [0.05, 0.1) is 11.0 Å². The summed E-state index contributed by atoms with van der Waals surface area (Å²) < 4.78 is 5.38. The first-order valence-electron chi connectivity index (χ1n) is 7.00. The van der Waals surface area contributed by atoms with Crippen LogP contribution in [0.25, 0.3) is 10.9 Å². The number of nitro benzene ring substituents is 1. The Labute approximate surface area is 122 Å². The van der Waals surface area contributed by atoms with Gasteiger partial charge in [0.15, 0.2) is 0 Å². The molecule has 0 saturated heterocycles. The fraction of sp³-hybridized carbons (Fsp3) is 0.400. The highest BCUT2D eigenvalue weighted by atomic mass is 16.6. The van der Waals surface area contributed by atoms with Gasteiger partial charge < -0.3 is 10.1 Å². The lowest BCUT2D eigenvalue weighted by Gasteiger charge is -2.16. The molecule has 6 nitrogen and oxygen atoms in total. The van der Waals surface area contributed by atoms with Crippen molar-refractivity contribution in [3.05, 3.63) is 40.6 Å². The number of hydrogen-bond acceptors (Lipinski definition) is 5. The molecule has 3 rings (SSSR count). The van der Waals surface area contributed by atoms with E-state index in [2.05, 4.69) is 10.3 Å². The van der Waals surface area contributed by atoms with E-state index in [0.29, 0.717) is 17.7 Å². The molecule has 1 aliphatic carbocycles. The summed E-state index contributed by atoms with van der Waals surface area (Å²) in [4.78, 5) is 14.9. The molecule has 1 saturated carbocycles. The van der Waals surface area contributed by atoms with Gasteiger partial charge in [-0.1, -0.05) is 0 Å². The first-order valence-corrected chi connectivity index (χ1v) is 7.00. The molecule has 0 radical (unpaired) electrons. The SMILES string of the molecule is COC1CCC(Nc2ccc([N+](=O)[O-])c3ncccc23)C1. The predicted molar refractivity (Wildman–Crippen MR) is 80.5 cm³/mol. The molecule has 1 fully saturated rings. The molecule has 21 heavy (non-hydrogen) atoms. The van der Waals surface area contributed by atoms with Crippen molar-refractivity contribution < 1.29 is 9.66 Å². The van der Waals surface area contributed by atoms with E-state index in [-0.39, 0.29) is 5.69 Å². The third-order valence-corrected chi connectivity index (χ3v) is 4.02. The minimum absolute atomic E-state index is 0.0392. The van der Waals surface area contributed by atoms with Gasteiger partial charge >= 0.3 is 0 Å². The summed E-state index contributed by atoms with van der Waals surface area (Å²) in [7, 11) is 1.73. The van der Waals surface area contributed by atoms with Gasteiger partial charge in [0.25, 0.3) is 5.69 Å². The summed E-state index contributed by atoms with van der Waals surface area (Å²) in [5.41, 5.74) is 1.36. The molecular formula is C15H17N3O3. The lowest BCUT2D eigenvalue weighted by atomic mass is 10.1. The summed E-state index contributed by atoms with van der Waals surface area (Å²) in [5.74, 6) is 0. The number of ether oxygens (including phenoxy) is 1. The average molecular weight is 287 g/mol. The van der Waals surface area contributed by atoms with Gasteiger partial charge in [-0.15, -0.1) is 0 Å². The molecule has 2 atom stereocenters. The van der Waals surface area contributed by atoms with Crippen LogP contribution >= 0.6 is 0 Å². The van der Waals surface area contributed by atoms with Gasteiger partial charge in [0, 0.05) is 36.5 Å². The van der Waals surface area contributed by atoms with Gasteiger partial charge in [-0.25, -0.2) is 4.98 Å². The predicted octanol–water partition coefficient (Wildman–Crippen LogP) is 3.12. The lowest BCUT2D eigenvalue weighted by molar-refractivity contribution is -0.383. The molecule has 2 unspecified atom stereocenters. The van der Waals surface area contributed by atoms with Crippen LogP contribution in [0, 0.1) is 10.1 Å². The minimum Gasteiger partial charge on any atom is -0.382 e. The summed E-state index contributed by atoms with van der Waals surface area (Å²) >= 11 is 0. The molecular weight excluding hydrogens is 270 g/mol. The second-order valence-electron chi connectivity index (χ2n) is 5.30. The molecule has 1 aromatic carbocycles. The Balaban J connectivity index is 1.93. The van der Waals surface area contributed by atoms with E-state index >= 15 is 0 Å². The molecule has 0 aliphatic heterocycles. The zero-order chi connectivity index (χ0) is 14.8. The third kappa shape index (κ3) is 2.67. The van der Waals surface area contributed by atoms with Crippen LogP contribution in [0.4, 0.5) is 11.4 Å². The molecule has 2 aromatic rings. The maximum Gasteiger partial charge on any atom is 0.295 e. The number of rotatable bonds is 4. The van der Waals surface area contributed by atoms with Crippen LogP contribution in [0.5, 0.6) is 0 Å². The van der Waals surface area contributed by atoms with E-state index in [4.69, 9.17) is 4.74 Å². The number of aromatic nitrogens is 1. The zero-order valence-electron chi connectivity index (χ0n) is 11.8. The summed E-state index contributed by atoms with van der Waals surface area (Å²) in [5, 5.41) is 15.3.